The molecule has 29 heavy (non-hydrogen) atoms. The van der Waals surface area contributed by atoms with E-state index in [1.165, 1.54) is 6.07 Å². The molecule has 0 aliphatic heterocycles. The molecule has 0 aliphatic carbocycles. The van der Waals surface area contributed by atoms with Crippen molar-refractivity contribution in [1.29, 1.82) is 0 Å². The zero-order chi connectivity index (χ0) is 22.0. The summed E-state index contributed by atoms with van der Waals surface area (Å²) < 4.78 is 43.4. The Kier molecular flexibility index (Phi) is 6.51. The van der Waals surface area contributed by atoms with Gasteiger partial charge in [-0.05, 0) is 44.0 Å². The first-order valence-corrected chi connectivity index (χ1v) is 8.99. The van der Waals surface area contributed by atoms with E-state index in [4.69, 9.17) is 4.74 Å². The van der Waals surface area contributed by atoms with Gasteiger partial charge in [-0.3, -0.25) is 0 Å². The maximum Gasteiger partial charge on any atom is 0.451 e. The molecule has 2 rings (SSSR count). The lowest BCUT2D eigenvalue weighted by Gasteiger charge is -2.24. The largest absolute Gasteiger partial charge is 0.465 e. The summed E-state index contributed by atoms with van der Waals surface area (Å²) in [6.07, 6.45) is -5.16. The van der Waals surface area contributed by atoms with E-state index in [-0.39, 0.29) is 6.54 Å². The topological polar surface area (TPSA) is 92.6 Å². The summed E-state index contributed by atoms with van der Waals surface area (Å²) in [5, 5.41) is 9.37. The monoisotopic (exact) mass is 475 g/mol. The number of benzene rings is 1. The van der Waals surface area contributed by atoms with Gasteiger partial charge in [-0.1, -0.05) is 22.0 Å². The number of hydrogen-bond donors (Lipinski definition) is 1. The fraction of sp³-hybridized carbons (Fsp3) is 0.333. The number of carbonyl (C=O) groups excluding carboxylic acids is 1. The first-order chi connectivity index (χ1) is 13.3. The number of carbonyl (C=O) groups is 2. The van der Waals surface area contributed by atoms with Crippen LogP contribution >= 0.6 is 15.9 Å². The molecular weight excluding hydrogens is 459 g/mol. The van der Waals surface area contributed by atoms with Gasteiger partial charge >= 0.3 is 18.4 Å². The Hall–Kier alpha value is -2.69. The summed E-state index contributed by atoms with van der Waals surface area (Å²) in [6, 6.07) is 4.70. The molecule has 1 N–H and O–H groups in total. The van der Waals surface area contributed by atoms with Crippen LogP contribution in [0.15, 0.2) is 35.1 Å². The molecule has 0 saturated heterocycles. The number of rotatable bonds is 3. The number of amides is 2. The Morgan fingerprint density at radius 1 is 1.14 bits per heavy atom. The van der Waals surface area contributed by atoms with Gasteiger partial charge in [0.05, 0.1) is 6.54 Å². The summed E-state index contributed by atoms with van der Waals surface area (Å²) in [5.74, 6) is -1.26. The van der Waals surface area contributed by atoms with Crippen LogP contribution in [0.25, 0.3) is 11.1 Å². The van der Waals surface area contributed by atoms with Crippen LogP contribution in [0.2, 0.25) is 0 Å². The second-order valence-electron chi connectivity index (χ2n) is 6.95. The summed E-state index contributed by atoms with van der Waals surface area (Å²) >= 11 is 3.28. The SMILES string of the molecule is CC(C)(C)OC(=O)N(Cc1cc(-c2cnc(C(F)(F)F)nc2)ccc1Br)C(=O)O. The Labute approximate surface area is 172 Å². The number of alkyl halides is 3. The molecule has 1 aromatic carbocycles. The van der Waals surface area contributed by atoms with E-state index in [9.17, 15) is 27.9 Å². The molecule has 156 valence electrons. The highest BCUT2D eigenvalue weighted by atomic mass is 79.9. The van der Waals surface area contributed by atoms with Crippen LogP contribution in [0.5, 0.6) is 0 Å². The lowest BCUT2D eigenvalue weighted by molar-refractivity contribution is -0.145. The van der Waals surface area contributed by atoms with Crippen molar-refractivity contribution in [1.82, 2.24) is 14.9 Å². The number of imide groups is 1. The standard InChI is InChI=1S/C18H17BrF3N3O4/c1-17(2,3)29-16(28)25(15(26)27)9-11-6-10(4-5-13(11)19)12-7-23-14(24-8-12)18(20,21)22/h4-8H,9H2,1-3H3,(H,26,27). The third-order valence-corrected chi connectivity index (χ3v) is 4.23. The fourth-order valence-corrected chi connectivity index (χ4v) is 2.57. The van der Waals surface area contributed by atoms with E-state index in [0.29, 0.717) is 26.1 Å². The molecular formula is C18H17BrF3N3O4. The molecule has 2 aromatic rings. The van der Waals surface area contributed by atoms with Gasteiger partial charge in [0.15, 0.2) is 0 Å². The number of ether oxygens (including phenoxy) is 1. The van der Waals surface area contributed by atoms with E-state index >= 15 is 0 Å². The van der Waals surface area contributed by atoms with Gasteiger partial charge < -0.3 is 9.84 Å². The van der Waals surface area contributed by atoms with Crippen molar-refractivity contribution in [3.63, 3.8) is 0 Å². The normalized spacial score (nSPS) is 11.8. The highest BCUT2D eigenvalue weighted by Gasteiger charge is 2.34. The van der Waals surface area contributed by atoms with Gasteiger partial charge in [-0.2, -0.15) is 13.2 Å². The summed E-state index contributed by atoms with van der Waals surface area (Å²) in [4.78, 5) is 30.8. The minimum atomic E-state index is -4.65. The van der Waals surface area contributed by atoms with E-state index in [0.717, 1.165) is 12.4 Å². The van der Waals surface area contributed by atoms with Gasteiger partial charge in [0.2, 0.25) is 5.82 Å². The Morgan fingerprint density at radius 3 is 2.21 bits per heavy atom. The van der Waals surface area contributed by atoms with Crippen molar-refractivity contribution in [2.45, 2.75) is 39.1 Å². The summed E-state index contributed by atoms with van der Waals surface area (Å²) in [6.45, 7) is 4.48. The smallest absolute Gasteiger partial charge is 0.451 e. The van der Waals surface area contributed by atoms with Crippen LogP contribution in [0.4, 0.5) is 22.8 Å². The highest BCUT2D eigenvalue weighted by molar-refractivity contribution is 9.10. The van der Waals surface area contributed by atoms with Crippen molar-refractivity contribution < 1.29 is 32.6 Å². The van der Waals surface area contributed by atoms with E-state index < -0.39 is 29.8 Å². The zero-order valence-corrected chi connectivity index (χ0v) is 17.2. The maximum atomic E-state index is 12.6. The molecule has 0 fully saturated rings. The molecule has 1 heterocycles. The summed E-state index contributed by atoms with van der Waals surface area (Å²) in [5.41, 5.74) is 0.259. The average Bonchev–Trinajstić information content (AvgIpc) is 2.58. The van der Waals surface area contributed by atoms with Gasteiger partial charge in [0.25, 0.3) is 0 Å². The van der Waals surface area contributed by atoms with Crippen LogP contribution in [0.1, 0.15) is 32.2 Å². The highest BCUT2D eigenvalue weighted by Crippen LogP contribution is 2.29. The summed E-state index contributed by atoms with van der Waals surface area (Å²) in [7, 11) is 0. The molecule has 0 saturated carbocycles. The molecule has 0 spiro atoms. The molecule has 11 heteroatoms. The van der Waals surface area contributed by atoms with Gasteiger partial charge in [-0.15, -0.1) is 0 Å². The van der Waals surface area contributed by atoms with E-state index in [1.54, 1.807) is 32.9 Å². The van der Waals surface area contributed by atoms with Crippen LogP contribution in [-0.2, 0) is 17.5 Å². The van der Waals surface area contributed by atoms with Crippen molar-refractivity contribution in [2.24, 2.45) is 0 Å². The van der Waals surface area contributed by atoms with Crippen molar-refractivity contribution in [3.05, 3.63) is 46.5 Å². The van der Waals surface area contributed by atoms with Crippen molar-refractivity contribution in [2.75, 3.05) is 0 Å². The quantitative estimate of drug-likeness (QED) is 0.643. The van der Waals surface area contributed by atoms with E-state index in [2.05, 4.69) is 25.9 Å². The lowest BCUT2D eigenvalue weighted by atomic mass is 10.1. The van der Waals surface area contributed by atoms with Crippen LogP contribution in [-0.4, -0.2) is 37.8 Å². The van der Waals surface area contributed by atoms with Crippen molar-refractivity contribution >= 4 is 28.1 Å². The Balaban J connectivity index is 2.32. The Morgan fingerprint density at radius 2 is 1.72 bits per heavy atom. The third-order valence-electron chi connectivity index (χ3n) is 3.46. The van der Waals surface area contributed by atoms with Crippen molar-refractivity contribution in [3.8, 4) is 11.1 Å². The lowest BCUT2D eigenvalue weighted by Crippen LogP contribution is -2.39. The molecule has 0 unspecified atom stereocenters. The van der Waals surface area contributed by atoms with Gasteiger partial charge in [0, 0.05) is 22.4 Å². The first-order valence-electron chi connectivity index (χ1n) is 8.19. The number of halogens is 4. The molecule has 1 aromatic heterocycles. The average molecular weight is 476 g/mol. The first kappa shape index (κ1) is 22.6. The zero-order valence-electron chi connectivity index (χ0n) is 15.6. The minimum Gasteiger partial charge on any atom is -0.465 e. The third kappa shape index (κ3) is 6.14. The van der Waals surface area contributed by atoms with Gasteiger partial charge in [0.1, 0.15) is 5.60 Å². The predicted molar refractivity (Wildman–Crippen MR) is 100.0 cm³/mol. The number of nitrogens with zero attached hydrogens (tertiary/aromatic N) is 3. The molecule has 0 aliphatic rings. The van der Waals surface area contributed by atoms with Crippen LogP contribution in [0, 0.1) is 0 Å². The second-order valence-corrected chi connectivity index (χ2v) is 7.80. The number of hydrogen-bond acceptors (Lipinski definition) is 5. The predicted octanol–water partition coefficient (Wildman–Crippen LogP) is 5.34. The van der Waals surface area contributed by atoms with E-state index in [1.807, 2.05) is 0 Å². The molecule has 0 bridgehead atoms. The molecule has 0 radical (unpaired) electrons. The molecule has 2 amide bonds. The molecule has 7 nitrogen and oxygen atoms in total. The fourth-order valence-electron chi connectivity index (χ4n) is 2.20. The minimum absolute atomic E-state index is 0.297. The Bertz CT molecular complexity index is 912. The van der Waals surface area contributed by atoms with Gasteiger partial charge in [-0.25, -0.2) is 24.5 Å². The van der Waals surface area contributed by atoms with Crippen LogP contribution < -0.4 is 0 Å². The molecule has 0 atom stereocenters. The second kappa shape index (κ2) is 8.36. The van der Waals surface area contributed by atoms with Crippen LogP contribution in [0.3, 0.4) is 0 Å². The maximum absolute atomic E-state index is 12.6. The number of carboxylic acid groups (broad SMARTS) is 1. The number of aromatic nitrogens is 2.